The van der Waals surface area contributed by atoms with Crippen molar-refractivity contribution in [2.45, 2.75) is 48.9 Å². The molecule has 1 aliphatic rings. The van der Waals surface area contributed by atoms with E-state index in [1.807, 2.05) is 20.9 Å². The van der Waals surface area contributed by atoms with Gasteiger partial charge in [-0.3, -0.25) is 0 Å². The highest BCUT2D eigenvalue weighted by Crippen LogP contribution is 2.25. The van der Waals surface area contributed by atoms with Crippen molar-refractivity contribution in [1.29, 1.82) is 0 Å². The summed E-state index contributed by atoms with van der Waals surface area (Å²) in [5.74, 6) is 0.595. The highest BCUT2D eigenvalue weighted by Gasteiger charge is 2.29. The molecule has 1 fully saturated rings. The molecule has 10 heteroatoms. The molecule has 1 unspecified atom stereocenters. The van der Waals surface area contributed by atoms with Crippen LogP contribution in [0, 0.1) is 5.92 Å². The first kappa shape index (κ1) is 21.9. The number of sulfonamides is 2. The van der Waals surface area contributed by atoms with Crippen LogP contribution in [0.2, 0.25) is 0 Å². The molecule has 0 amide bonds. The smallest absolute Gasteiger partial charge is 0.243 e. The number of nitrogens with one attached hydrogen (secondary N) is 1. The first-order valence-corrected chi connectivity index (χ1v) is 12.6. The van der Waals surface area contributed by atoms with Crippen molar-refractivity contribution in [3.8, 4) is 0 Å². The van der Waals surface area contributed by atoms with Crippen LogP contribution in [0.1, 0.15) is 45.0 Å². The molecule has 0 spiro atoms. The van der Waals surface area contributed by atoms with E-state index in [0.29, 0.717) is 18.9 Å². The van der Waals surface area contributed by atoms with Crippen molar-refractivity contribution in [3.63, 3.8) is 0 Å². The van der Waals surface area contributed by atoms with Crippen molar-refractivity contribution >= 4 is 20.0 Å². The van der Waals surface area contributed by atoms with Gasteiger partial charge >= 0.3 is 0 Å². The molecule has 29 heavy (non-hydrogen) atoms. The van der Waals surface area contributed by atoms with E-state index in [9.17, 15) is 16.8 Å². The SMILES string of the molecule is CC(C)C(NS(=O)(=O)c1ccc(S(=O)(=O)N2CCCCC2)cc1)c1nccn1C. The van der Waals surface area contributed by atoms with Gasteiger partial charge in [0, 0.05) is 32.5 Å². The van der Waals surface area contributed by atoms with Crippen LogP contribution in [0.5, 0.6) is 0 Å². The van der Waals surface area contributed by atoms with E-state index < -0.39 is 26.1 Å². The summed E-state index contributed by atoms with van der Waals surface area (Å²) in [7, 11) is -5.63. The minimum atomic E-state index is -3.85. The van der Waals surface area contributed by atoms with Crippen LogP contribution in [0.15, 0.2) is 46.5 Å². The van der Waals surface area contributed by atoms with E-state index in [0.717, 1.165) is 19.3 Å². The zero-order chi connectivity index (χ0) is 21.2. The number of aryl methyl sites for hydroxylation is 1. The third-order valence-electron chi connectivity index (χ3n) is 5.17. The molecular formula is C19H28N4O4S2. The van der Waals surface area contributed by atoms with Crippen molar-refractivity contribution in [2.75, 3.05) is 13.1 Å². The van der Waals surface area contributed by atoms with E-state index in [2.05, 4.69) is 9.71 Å². The molecule has 2 aromatic rings. The summed E-state index contributed by atoms with van der Waals surface area (Å²) < 4.78 is 57.3. The summed E-state index contributed by atoms with van der Waals surface area (Å²) in [6.07, 6.45) is 6.11. The predicted molar refractivity (Wildman–Crippen MR) is 110 cm³/mol. The minimum Gasteiger partial charge on any atom is -0.337 e. The van der Waals surface area contributed by atoms with Crippen LogP contribution in [0.3, 0.4) is 0 Å². The summed E-state index contributed by atoms with van der Waals surface area (Å²) >= 11 is 0. The van der Waals surface area contributed by atoms with Gasteiger partial charge in [-0.15, -0.1) is 0 Å². The number of hydrogen-bond acceptors (Lipinski definition) is 5. The predicted octanol–water partition coefficient (Wildman–Crippen LogP) is 2.27. The standard InChI is InChI=1S/C19H28N4O4S2/c1-15(2)18(19-20-11-14-22(19)3)21-28(24,25)16-7-9-17(10-8-16)29(26,27)23-12-5-4-6-13-23/h7-11,14-15,18,21H,4-6,12-13H2,1-3H3. The zero-order valence-electron chi connectivity index (χ0n) is 16.9. The van der Waals surface area contributed by atoms with Gasteiger partial charge in [0.2, 0.25) is 20.0 Å². The van der Waals surface area contributed by atoms with Crippen molar-refractivity contribution < 1.29 is 16.8 Å². The maximum absolute atomic E-state index is 12.9. The molecule has 3 rings (SSSR count). The zero-order valence-corrected chi connectivity index (χ0v) is 18.6. The van der Waals surface area contributed by atoms with E-state index in [1.165, 1.54) is 28.6 Å². The Morgan fingerprint density at radius 3 is 2.07 bits per heavy atom. The maximum Gasteiger partial charge on any atom is 0.243 e. The van der Waals surface area contributed by atoms with E-state index in [-0.39, 0.29) is 15.7 Å². The normalized spacial score (nSPS) is 17.5. The Morgan fingerprint density at radius 1 is 0.966 bits per heavy atom. The average Bonchev–Trinajstić information content (AvgIpc) is 3.12. The quantitative estimate of drug-likeness (QED) is 0.712. The van der Waals surface area contributed by atoms with Crippen molar-refractivity contribution in [2.24, 2.45) is 13.0 Å². The van der Waals surface area contributed by atoms with Gasteiger partial charge in [0.25, 0.3) is 0 Å². The molecule has 1 aromatic carbocycles. The topological polar surface area (TPSA) is 101 Å². The summed E-state index contributed by atoms with van der Waals surface area (Å²) in [6, 6.07) is 4.91. The third kappa shape index (κ3) is 4.71. The van der Waals surface area contributed by atoms with Gasteiger partial charge in [0.05, 0.1) is 15.8 Å². The van der Waals surface area contributed by atoms with Gasteiger partial charge in [-0.1, -0.05) is 20.3 Å². The lowest BCUT2D eigenvalue weighted by atomic mass is 10.1. The van der Waals surface area contributed by atoms with Crippen LogP contribution in [-0.2, 0) is 27.1 Å². The molecule has 1 aliphatic heterocycles. The van der Waals surface area contributed by atoms with Gasteiger partial charge in [-0.25, -0.2) is 26.5 Å². The lowest BCUT2D eigenvalue weighted by Gasteiger charge is -2.26. The Morgan fingerprint density at radius 2 is 1.55 bits per heavy atom. The molecule has 0 aliphatic carbocycles. The Hall–Kier alpha value is -1.75. The molecule has 1 N–H and O–H groups in total. The second-order valence-corrected chi connectivity index (χ2v) is 11.3. The first-order chi connectivity index (χ1) is 13.6. The lowest BCUT2D eigenvalue weighted by molar-refractivity contribution is 0.346. The Bertz CT molecular complexity index is 1040. The number of nitrogens with zero attached hydrogens (tertiary/aromatic N) is 3. The molecule has 160 valence electrons. The molecule has 1 saturated heterocycles. The second-order valence-electron chi connectivity index (χ2n) is 7.68. The monoisotopic (exact) mass is 440 g/mol. The molecule has 8 nitrogen and oxygen atoms in total. The second kappa shape index (κ2) is 8.55. The number of rotatable bonds is 7. The first-order valence-electron chi connectivity index (χ1n) is 9.72. The van der Waals surface area contributed by atoms with E-state index >= 15 is 0 Å². The van der Waals surface area contributed by atoms with Gasteiger partial charge in [0.15, 0.2) is 0 Å². The highest BCUT2D eigenvalue weighted by atomic mass is 32.2. The number of imidazole rings is 1. The fraction of sp³-hybridized carbons (Fsp3) is 0.526. The summed E-state index contributed by atoms with van der Waals surface area (Å²) in [4.78, 5) is 4.40. The van der Waals surface area contributed by atoms with Gasteiger partial charge in [-0.2, -0.15) is 4.31 Å². The van der Waals surface area contributed by atoms with Crippen LogP contribution in [-0.4, -0.2) is 43.8 Å². The van der Waals surface area contributed by atoms with Crippen LogP contribution >= 0.6 is 0 Å². The Labute approximate surface area is 173 Å². The number of benzene rings is 1. The van der Waals surface area contributed by atoms with Crippen LogP contribution in [0.4, 0.5) is 0 Å². The lowest BCUT2D eigenvalue weighted by Crippen LogP contribution is -2.35. The fourth-order valence-electron chi connectivity index (χ4n) is 3.44. The van der Waals surface area contributed by atoms with Gasteiger partial charge in [-0.05, 0) is 43.0 Å². The Kier molecular flexibility index (Phi) is 6.47. The Balaban J connectivity index is 1.83. The summed E-state index contributed by atoms with van der Waals surface area (Å²) in [5.41, 5.74) is 0. The molecule has 1 aromatic heterocycles. The molecule has 0 saturated carbocycles. The third-order valence-corrected chi connectivity index (χ3v) is 8.54. The molecule has 0 radical (unpaired) electrons. The molecule has 2 heterocycles. The van der Waals surface area contributed by atoms with E-state index in [4.69, 9.17) is 0 Å². The minimum absolute atomic E-state index is 0.0231. The number of aromatic nitrogens is 2. The summed E-state index contributed by atoms with van der Waals surface area (Å²) in [5, 5.41) is 0. The molecular weight excluding hydrogens is 412 g/mol. The average molecular weight is 441 g/mol. The maximum atomic E-state index is 12.9. The number of hydrogen-bond donors (Lipinski definition) is 1. The van der Waals surface area contributed by atoms with Crippen LogP contribution in [0.25, 0.3) is 0 Å². The van der Waals surface area contributed by atoms with Crippen molar-refractivity contribution in [3.05, 3.63) is 42.5 Å². The fourth-order valence-corrected chi connectivity index (χ4v) is 6.30. The molecule has 0 bridgehead atoms. The summed E-state index contributed by atoms with van der Waals surface area (Å²) in [6.45, 7) is 4.83. The number of piperidine rings is 1. The van der Waals surface area contributed by atoms with Crippen LogP contribution < -0.4 is 4.72 Å². The van der Waals surface area contributed by atoms with Crippen molar-refractivity contribution in [1.82, 2.24) is 18.6 Å². The molecule has 1 atom stereocenters. The van der Waals surface area contributed by atoms with Gasteiger partial charge in [0.1, 0.15) is 5.82 Å². The highest BCUT2D eigenvalue weighted by molar-refractivity contribution is 7.89. The van der Waals surface area contributed by atoms with Gasteiger partial charge < -0.3 is 4.57 Å². The largest absolute Gasteiger partial charge is 0.337 e. The van der Waals surface area contributed by atoms with E-state index in [1.54, 1.807) is 17.0 Å².